The molecular weight excluding hydrogens is 356 g/mol. The highest BCUT2D eigenvalue weighted by atomic mass is 16.5. The van der Waals surface area contributed by atoms with Gasteiger partial charge in [-0.3, -0.25) is 9.59 Å². The van der Waals surface area contributed by atoms with Gasteiger partial charge in [-0.15, -0.1) is 0 Å². The van der Waals surface area contributed by atoms with Crippen LogP contribution in [0.25, 0.3) is 0 Å². The quantitative estimate of drug-likeness (QED) is 0.715. The molecule has 2 fully saturated rings. The number of methoxy groups -OCH3 is 1. The second-order valence-corrected chi connectivity index (χ2v) is 8.05. The Hall–Kier alpha value is -1.89. The first-order chi connectivity index (χ1) is 13.5. The van der Waals surface area contributed by atoms with Crippen molar-refractivity contribution in [1.29, 1.82) is 0 Å². The van der Waals surface area contributed by atoms with E-state index in [1.165, 1.54) is 0 Å². The molecule has 2 amide bonds. The molecule has 1 aromatic rings. The first-order valence-corrected chi connectivity index (χ1v) is 10.6. The van der Waals surface area contributed by atoms with Crippen LogP contribution in [0, 0.1) is 5.41 Å². The van der Waals surface area contributed by atoms with Crippen molar-refractivity contribution in [2.24, 2.45) is 5.41 Å². The number of rotatable bonds is 7. The summed E-state index contributed by atoms with van der Waals surface area (Å²) in [6.45, 7) is 7.53. The van der Waals surface area contributed by atoms with Gasteiger partial charge in [0.25, 0.3) is 0 Å². The smallest absolute Gasteiger partial charge is 0.230 e. The van der Waals surface area contributed by atoms with Crippen molar-refractivity contribution in [1.82, 2.24) is 19.4 Å². The Bertz CT molecular complexity index is 685. The van der Waals surface area contributed by atoms with Crippen LogP contribution in [0.3, 0.4) is 0 Å². The summed E-state index contributed by atoms with van der Waals surface area (Å²) >= 11 is 0. The lowest BCUT2D eigenvalue weighted by atomic mass is 9.67. The minimum Gasteiger partial charge on any atom is -0.383 e. The lowest BCUT2D eigenvalue weighted by molar-refractivity contribution is -0.160. The number of amides is 2. The predicted octanol–water partition coefficient (Wildman–Crippen LogP) is 2.10. The molecule has 0 saturated carbocycles. The van der Waals surface area contributed by atoms with E-state index >= 15 is 0 Å². The number of imidazole rings is 1. The van der Waals surface area contributed by atoms with E-state index in [0.717, 1.165) is 51.0 Å². The SMILES string of the molecule is CCc1nccn1CCC(=O)N1CCC[C@@]2(CCCN(CCOC)C2=O)[C@@H]1C. The molecule has 0 N–H and O–H groups in total. The van der Waals surface area contributed by atoms with E-state index in [4.69, 9.17) is 4.74 Å². The topological polar surface area (TPSA) is 67.7 Å². The molecule has 2 saturated heterocycles. The molecule has 2 aliphatic rings. The predicted molar refractivity (Wildman–Crippen MR) is 107 cm³/mol. The van der Waals surface area contributed by atoms with E-state index in [2.05, 4.69) is 23.4 Å². The molecule has 2 aliphatic heterocycles. The van der Waals surface area contributed by atoms with Gasteiger partial charge in [0.1, 0.15) is 5.82 Å². The number of ether oxygens (including phenoxy) is 1. The minimum atomic E-state index is -0.427. The molecule has 0 bridgehead atoms. The number of hydrogen-bond donors (Lipinski definition) is 0. The number of hydrogen-bond acceptors (Lipinski definition) is 4. The zero-order valence-electron chi connectivity index (χ0n) is 17.5. The molecule has 0 aliphatic carbocycles. The minimum absolute atomic E-state index is 0.0555. The fourth-order valence-corrected chi connectivity index (χ4v) is 4.97. The van der Waals surface area contributed by atoms with Gasteiger partial charge in [0.05, 0.1) is 12.0 Å². The summed E-state index contributed by atoms with van der Waals surface area (Å²) in [4.78, 5) is 34.6. The molecule has 1 aromatic heterocycles. The van der Waals surface area contributed by atoms with Gasteiger partial charge in [0.2, 0.25) is 11.8 Å². The molecule has 3 heterocycles. The summed E-state index contributed by atoms with van der Waals surface area (Å²) in [5.74, 6) is 1.36. The molecule has 0 unspecified atom stereocenters. The average molecular weight is 391 g/mol. The standard InChI is InChI=1S/C21H34N4O3/c1-4-18-22-10-14-23(18)13-7-19(26)25-12-6-9-21(17(25)2)8-5-11-24(20(21)27)15-16-28-3/h10,14,17H,4-9,11-13,15-16H2,1-3H3/t17-,21-/m0/s1. The number of nitrogens with zero attached hydrogens (tertiary/aromatic N) is 4. The van der Waals surface area contributed by atoms with Crippen molar-refractivity contribution >= 4 is 11.8 Å². The van der Waals surface area contributed by atoms with Crippen molar-refractivity contribution in [3.63, 3.8) is 0 Å². The number of piperidine rings is 2. The van der Waals surface area contributed by atoms with Crippen molar-refractivity contribution in [2.75, 3.05) is 33.4 Å². The van der Waals surface area contributed by atoms with Gasteiger partial charge < -0.3 is 19.1 Å². The second-order valence-electron chi connectivity index (χ2n) is 8.05. The van der Waals surface area contributed by atoms with Gasteiger partial charge in [0.15, 0.2) is 0 Å². The second kappa shape index (κ2) is 9.07. The molecular formula is C21H34N4O3. The van der Waals surface area contributed by atoms with E-state index in [1.807, 2.05) is 16.0 Å². The molecule has 0 aromatic carbocycles. The van der Waals surface area contributed by atoms with Gasteiger partial charge in [-0.2, -0.15) is 0 Å². The number of likely N-dealkylation sites (tertiary alicyclic amines) is 2. The van der Waals surface area contributed by atoms with Crippen LogP contribution in [-0.2, 0) is 27.3 Å². The highest BCUT2D eigenvalue weighted by Crippen LogP contribution is 2.44. The third-order valence-electron chi connectivity index (χ3n) is 6.62. The van der Waals surface area contributed by atoms with Crippen LogP contribution < -0.4 is 0 Å². The molecule has 7 nitrogen and oxygen atoms in total. The Kier molecular flexibility index (Phi) is 6.75. The molecule has 7 heteroatoms. The Balaban J connectivity index is 1.68. The first-order valence-electron chi connectivity index (χ1n) is 10.6. The number of carbonyl (C=O) groups is 2. The molecule has 2 atom stereocenters. The van der Waals surface area contributed by atoms with Gasteiger partial charge in [-0.25, -0.2) is 4.98 Å². The van der Waals surface area contributed by atoms with E-state index in [-0.39, 0.29) is 17.9 Å². The molecule has 156 valence electrons. The first kappa shape index (κ1) is 20.8. The van der Waals surface area contributed by atoms with Crippen LogP contribution >= 0.6 is 0 Å². The van der Waals surface area contributed by atoms with E-state index < -0.39 is 5.41 Å². The zero-order chi connectivity index (χ0) is 20.1. The summed E-state index contributed by atoms with van der Waals surface area (Å²) in [6.07, 6.45) is 8.68. The fourth-order valence-electron chi connectivity index (χ4n) is 4.97. The maximum atomic E-state index is 13.3. The number of carbonyl (C=O) groups excluding carboxylic acids is 2. The Morgan fingerprint density at radius 2 is 2.04 bits per heavy atom. The third kappa shape index (κ3) is 3.95. The van der Waals surface area contributed by atoms with Crippen molar-refractivity contribution in [2.45, 2.75) is 65.0 Å². The van der Waals surface area contributed by atoms with E-state index in [1.54, 1.807) is 13.3 Å². The van der Waals surface area contributed by atoms with Crippen molar-refractivity contribution < 1.29 is 14.3 Å². The molecule has 1 spiro atoms. The van der Waals surface area contributed by atoms with Gasteiger partial charge in [-0.05, 0) is 32.6 Å². The summed E-state index contributed by atoms with van der Waals surface area (Å²) in [5.41, 5.74) is -0.427. The summed E-state index contributed by atoms with van der Waals surface area (Å²) in [7, 11) is 1.66. The van der Waals surface area contributed by atoms with Gasteiger partial charge in [-0.1, -0.05) is 6.92 Å². The maximum Gasteiger partial charge on any atom is 0.230 e. The molecule has 3 rings (SSSR count). The molecule has 28 heavy (non-hydrogen) atoms. The van der Waals surface area contributed by atoms with Gasteiger partial charge >= 0.3 is 0 Å². The van der Waals surface area contributed by atoms with E-state index in [9.17, 15) is 9.59 Å². The highest BCUT2D eigenvalue weighted by Gasteiger charge is 2.51. The highest BCUT2D eigenvalue weighted by molar-refractivity contribution is 5.86. The lowest BCUT2D eigenvalue weighted by Crippen LogP contribution is -2.62. The maximum absolute atomic E-state index is 13.3. The average Bonchev–Trinajstić information content (AvgIpc) is 3.16. The Labute approximate surface area is 168 Å². The van der Waals surface area contributed by atoms with E-state index in [0.29, 0.717) is 26.1 Å². The normalized spacial score (nSPS) is 25.5. The van der Waals surface area contributed by atoms with Crippen molar-refractivity contribution in [3.05, 3.63) is 18.2 Å². The van der Waals surface area contributed by atoms with Crippen LogP contribution in [0.5, 0.6) is 0 Å². The fraction of sp³-hybridized carbons (Fsp3) is 0.762. The number of aromatic nitrogens is 2. The van der Waals surface area contributed by atoms with Crippen LogP contribution in [0.15, 0.2) is 12.4 Å². The van der Waals surface area contributed by atoms with Crippen molar-refractivity contribution in [3.8, 4) is 0 Å². The lowest BCUT2D eigenvalue weighted by Gasteiger charge is -2.51. The largest absolute Gasteiger partial charge is 0.383 e. The van der Waals surface area contributed by atoms with Crippen LogP contribution in [0.2, 0.25) is 0 Å². The Morgan fingerprint density at radius 1 is 1.29 bits per heavy atom. The zero-order valence-corrected chi connectivity index (χ0v) is 17.5. The summed E-state index contributed by atoms with van der Waals surface area (Å²) in [5, 5.41) is 0. The molecule has 0 radical (unpaired) electrons. The van der Waals surface area contributed by atoms with Crippen LogP contribution in [0.1, 0.15) is 51.8 Å². The number of aryl methyl sites for hydroxylation is 2. The van der Waals surface area contributed by atoms with Crippen LogP contribution in [0.4, 0.5) is 0 Å². The third-order valence-corrected chi connectivity index (χ3v) is 6.62. The summed E-state index contributed by atoms with van der Waals surface area (Å²) in [6, 6.07) is -0.0555. The van der Waals surface area contributed by atoms with Crippen LogP contribution in [-0.4, -0.2) is 70.6 Å². The van der Waals surface area contributed by atoms with Gasteiger partial charge in [0, 0.05) is 64.6 Å². The monoisotopic (exact) mass is 390 g/mol. The Morgan fingerprint density at radius 3 is 2.75 bits per heavy atom. The summed E-state index contributed by atoms with van der Waals surface area (Å²) < 4.78 is 7.23.